The zero-order valence-corrected chi connectivity index (χ0v) is 34.0. The number of nitrogens with two attached hydrogens (primary N) is 1. The predicted molar refractivity (Wildman–Crippen MR) is 204 cm³/mol. The average molecular weight is 714 g/mol. The summed E-state index contributed by atoms with van der Waals surface area (Å²) < 4.78 is 17.5. The Labute approximate surface area is 309 Å². The first-order chi connectivity index (χ1) is 23.2. The Balaban J connectivity index is 3.52. The van der Waals surface area contributed by atoms with Crippen LogP contribution < -0.4 is 11.1 Å². The van der Waals surface area contributed by atoms with Crippen LogP contribution in [0.4, 0.5) is 0 Å². The molecule has 0 aromatic carbocycles. The molecule has 1 heterocycles. The molecule has 1 rings (SSSR count). The molecule has 1 aliphatic heterocycles. The molecule has 1 saturated heterocycles. The molecule has 3 N–H and O–H groups in total. The van der Waals surface area contributed by atoms with Crippen molar-refractivity contribution in [2.45, 2.75) is 151 Å². The van der Waals surface area contributed by atoms with Crippen LogP contribution >= 0.6 is 0 Å². The minimum Gasteiger partial charge on any atom is -0.462 e. The van der Waals surface area contributed by atoms with Crippen LogP contribution in [0.3, 0.4) is 0 Å². The van der Waals surface area contributed by atoms with Gasteiger partial charge in [0.1, 0.15) is 7.85 Å². The molecule has 6 unspecified atom stereocenters. The van der Waals surface area contributed by atoms with E-state index in [0.717, 1.165) is 12.5 Å². The molecule has 11 heteroatoms. The van der Waals surface area contributed by atoms with Crippen molar-refractivity contribution in [3.63, 3.8) is 0 Å². The number of amides is 1. The molecule has 10 nitrogen and oxygen atoms in total. The van der Waals surface area contributed by atoms with E-state index < -0.39 is 50.9 Å². The summed E-state index contributed by atoms with van der Waals surface area (Å²) in [6.07, 6.45) is 7.25. The second-order valence-corrected chi connectivity index (χ2v) is 18.5. The summed E-state index contributed by atoms with van der Waals surface area (Å²) in [7, 11) is 1.98. The molecule has 0 bridgehead atoms. The van der Waals surface area contributed by atoms with Gasteiger partial charge in [-0.25, -0.2) is 9.59 Å². The zero-order valence-electron chi connectivity index (χ0n) is 34.0. The lowest BCUT2D eigenvalue weighted by atomic mass is 9.52. The minimum atomic E-state index is -0.990. The molecule has 288 valence electrons. The summed E-state index contributed by atoms with van der Waals surface area (Å²) in [5.74, 6) is -3.10. The van der Waals surface area contributed by atoms with E-state index >= 15 is 0 Å². The van der Waals surface area contributed by atoms with Gasteiger partial charge in [-0.1, -0.05) is 95.2 Å². The molecule has 0 aromatic rings. The largest absolute Gasteiger partial charge is 0.462 e. The molecule has 51 heavy (non-hydrogen) atoms. The highest BCUT2D eigenvalue weighted by molar-refractivity contribution is 6.17. The highest BCUT2D eigenvalue weighted by Crippen LogP contribution is 2.53. The van der Waals surface area contributed by atoms with E-state index in [9.17, 15) is 24.4 Å². The van der Waals surface area contributed by atoms with Gasteiger partial charge in [-0.15, -0.1) is 0 Å². The maximum absolute atomic E-state index is 13.8. The van der Waals surface area contributed by atoms with Gasteiger partial charge in [0, 0.05) is 36.1 Å². The van der Waals surface area contributed by atoms with Crippen LogP contribution in [0.2, 0.25) is 5.31 Å². The topological polar surface area (TPSA) is 158 Å². The summed E-state index contributed by atoms with van der Waals surface area (Å²) >= 11 is 0. The number of nitriles is 1. The van der Waals surface area contributed by atoms with Gasteiger partial charge < -0.3 is 25.3 Å². The number of nitrogens with zero attached hydrogens (tertiary/aromatic N) is 1. The fraction of sp³-hybridized carbons (Fsp3) is 0.775. The standard InChI is InChI=1S/C40H68BN3O7/c1-14-32(46)50-26-27(23-36(6,7)38(10,11)30(25-35(3,4)5)49-22-16-21-42)40(13,43)37(8,9)24-29(39(12,41)15-2)34(48)51-33(47)20-18-28-17-19-31(45)44-28/h14,18,20,27-30H,1,15-17,19,22-26,41,43H2,2-13H3,(H,44,45)/b20-18+. The maximum Gasteiger partial charge on any atom is 0.338 e. The predicted octanol–water partition coefficient (Wildman–Crippen LogP) is 6.39. The highest BCUT2D eigenvalue weighted by atomic mass is 16.6. The summed E-state index contributed by atoms with van der Waals surface area (Å²) in [5.41, 5.74) is 4.85. The molecule has 1 fully saturated rings. The van der Waals surface area contributed by atoms with Gasteiger partial charge in [0.2, 0.25) is 5.91 Å². The smallest absolute Gasteiger partial charge is 0.338 e. The van der Waals surface area contributed by atoms with E-state index in [-0.39, 0.29) is 36.0 Å². The highest BCUT2D eigenvalue weighted by Gasteiger charge is 2.53. The summed E-state index contributed by atoms with van der Waals surface area (Å²) in [6.45, 7) is 29.1. The van der Waals surface area contributed by atoms with E-state index in [2.05, 4.69) is 66.4 Å². The van der Waals surface area contributed by atoms with E-state index in [4.69, 9.17) is 19.9 Å². The lowest BCUT2D eigenvalue weighted by Crippen LogP contribution is -2.60. The third-order valence-electron chi connectivity index (χ3n) is 12.1. The summed E-state index contributed by atoms with van der Waals surface area (Å²) in [6, 6.07) is 1.91. The summed E-state index contributed by atoms with van der Waals surface area (Å²) in [5, 5.41) is 11.4. The van der Waals surface area contributed by atoms with Crippen molar-refractivity contribution >= 4 is 31.7 Å². The maximum atomic E-state index is 13.8. The van der Waals surface area contributed by atoms with Crippen LogP contribution in [0.1, 0.15) is 128 Å². The third kappa shape index (κ3) is 13.2. The second kappa shape index (κ2) is 18.2. The quantitative estimate of drug-likeness (QED) is 0.0480. The molecule has 0 aliphatic carbocycles. The number of ether oxygens (including phenoxy) is 3. The summed E-state index contributed by atoms with van der Waals surface area (Å²) in [4.78, 5) is 50.5. The Morgan fingerprint density at radius 2 is 1.63 bits per heavy atom. The molecule has 0 spiro atoms. The first-order valence-corrected chi connectivity index (χ1v) is 18.5. The normalized spacial score (nSPS) is 19.9. The van der Waals surface area contributed by atoms with Crippen LogP contribution in [-0.2, 0) is 33.4 Å². The Morgan fingerprint density at radius 1 is 1.02 bits per heavy atom. The van der Waals surface area contributed by atoms with Crippen molar-refractivity contribution in [2.75, 3.05) is 13.2 Å². The fourth-order valence-electron chi connectivity index (χ4n) is 6.71. The molecule has 1 amide bonds. The first kappa shape index (κ1) is 46.1. The molecule has 0 aromatic heterocycles. The second-order valence-electron chi connectivity index (χ2n) is 18.5. The number of hydrogen-bond donors (Lipinski definition) is 2. The Bertz CT molecular complexity index is 1300. The van der Waals surface area contributed by atoms with E-state index in [1.54, 1.807) is 6.08 Å². The Hall–Kier alpha value is -2.97. The van der Waals surface area contributed by atoms with Gasteiger partial charge in [0.15, 0.2) is 0 Å². The van der Waals surface area contributed by atoms with Crippen molar-refractivity contribution in [3.8, 4) is 6.07 Å². The van der Waals surface area contributed by atoms with Gasteiger partial charge in [0.25, 0.3) is 0 Å². The van der Waals surface area contributed by atoms with Gasteiger partial charge in [0.05, 0.1) is 37.7 Å². The SMILES string of the molecule is BC(C)(CC)C(CC(C)(C)C(C)(N)C(COC(=O)C=C)CC(C)(C)C(C)(C)C(CC(C)(C)C)OCCC#N)C(=O)OC(=O)/C=C/C1CCC(=O)N1. The van der Waals surface area contributed by atoms with Crippen LogP contribution in [0.15, 0.2) is 24.8 Å². The number of carbonyl (C=O) groups excluding carboxylic acids is 4. The van der Waals surface area contributed by atoms with Crippen LogP contribution in [0.5, 0.6) is 0 Å². The van der Waals surface area contributed by atoms with Crippen LogP contribution in [0.25, 0.3) is 0 Å². The van der Waals surface area contributed by atoms with Crippen molar-refractivity contribution in [1.82, 2.24) is 5.32 Å². The van der Waals surface area contributed by atoms with E-state index in [0.29, 0.717) is 45.1 Å². The van der Waals surface area contributed by atoms with E-state index in [1.807, 2.05) is 42.5 Å². The van der Waals surface area contributed by atoms with Crippen molar-refractivity contribution in [2.24, 2.45) is 39.2 Å². The monoisotopic (exact) mass is 714 g/mol. The van der Waals surface area contributed by atoms with Crippen molar-refractivity contribution in [3.05, 3.63) is 24.8 Å². The number of rotatable bonds is 20. The molecular formula is C40H68BN3O7. The minimum absolute atomic E-state index is 0.0345. The zero-order chi connectivity index (χ0) is 39.6. The first-order valence-electron chi connectivity index (χ1n) is 18.5. The van der Waals surface area contributed by atoms with Crippen molar-refractivity contribution < 1.29 is 33.4 Å². The van der Waals surface area contributed by atoms with Crippen molar-refractivity contribution in [1.29, 1.82) is 5.26 Å². The fourth-order valence-corrected chi connectivity index (χ4v) is 6.71. The molecule has 0 radical (unpaired) electrons. The lowest BCUT2D eigenvalue weighted by molar-refractivity contribution is -0.162. The number of esters is 3. The molecule has 1 aliphatic rings. The van der Waals surface area contributed by atoms with Gasteiger partial charge in [-0.2, -0.15) is 5.26 Å². The molecule has 0 saturated carbocycles. The molecular weight excluding hydrogens is 645 g/mol. The average Bonchev–Trinajstić information content (AvgIpc) is 3.43. The van der Waals surface area contributed by atoms with Gasteiger partial charge in [-0.05, 0) is 59.6 Å². The number of hydrogen-bond acceptors (Lipinski definition) is 9. The lowest BCUT2D eigenvalue weighted by Gasteiger charge is -2.54. The van der Waals surface area contributed by atoms with E-state index in [1.165, 1.54) is 6.08 Å². The van der Waals surface area contributed by atoms with Crippen LogP contribution in [0, 0.1) is 44.8 Å². The molecule has 6 atom stereocenters. The Kier molecular flexibility index (Phi) is 16.4. The number of nitrogens with one attached hydrogen (secondary N) is 1. The Morgan fingerprint density at radius 3 is 2.12 bits per heavy atom. The van der Waals surface area contributed by atoms with Gasteiger partial charge in [-0.3, -0.25) is 9.59 Å². The third-order valence-corrected chi connectivity index (χ3v) is 12.1. The van der Waals surface area contributed by atoms with Crippen LogP contribution in [-0.4, -0.2) is 62.6 Å². The number of carbonyl (C=O) groups is 4. The van der Waals surface area contributed by atoms with Gasteiger partial charge >= 0.3 is 17.9 Å².